The van der Waals surface area contributed by atoms with Gasteiger partial charge in [-0.25, -0.2) is 0 Å². The van der Waals surface area contributed by atoms with Crippen LogP contribution in [0.3, 0.4) is 0 Å². The molecule has 2 aromatic rings. The van der Waals surface area contributed by atoms with Crippen molar-refractivity contribution in [1.29, 1.82) is 0 Å². The molecule has 1 N–H and O–H groups in total. The van der Waals surface area contributed by atoms with Crippen LogP contribution >= 0.6 is 11.8 Å². The molecule has 0 saturated carbocycles. The third-order valence-corrected chi connectivity index (χ3v) is 5.50. The molecule has 122 valence electrons. The predicted molar refractivity (Wildman–Crippen MR) is 92.4 cm³/mol. The lowest BCUT2D eigenvalue weighted by Crippen LogP contribution is -2.26. The van der Waals surface area contributed by atoms with Crippen LogP contribution in [0.15, 0.2) is 16.9 Å². The van der Waals surface area contributed by atoms with E-state index >= 15 is 0 Å². The van der Waals surface area contributed by atoms with E-state index in [2.05, 4.69) is 26.0 Å². The molecule has 0 atom stereocenters. The maximum absolute atomic E-state index is 12.3. The van der Waals surface area contributed by atoms with Gasteiger partial charge in [-0.05, 0) is 32.4 Å². The number of nitrogens with zero attached hydrogens (tertiary/aromatic N) is 4. The number of likely N-dealkylation sites (tertiary alicyclic amines) is 1. The van der Waals surface area contributed by atoms with Crippen LogP contribution in [0.1, 0.15) is 43.6 Å². The smallest absolute Gasteiger partial charge is 0.275 e. The number of H-pyrrole nitrogens is 1. The van der Waals surface area contributed by atoms with E-state index in [-0.39, 0.29) is 5.56 Å². The molecule has 0 aromatic carbocycles. The quantitative estimate of drug-likeness (QED) is 0.934. The Morgan fingerprint density at radius 2 is 2.04 bits per heavy atom. The first kappa shape index (κ1) is 15.0. The molecular weight excluding hydrogens is 310 g/mol. The SMILES string of the molecule is O=c1cc(CN2CCCCCC2)[nH]c2nc(C3=CCCS3)nn12. The van der Waals surface area contributed by atoms with Crippen molar-refractivity contribution < 1.29 is 0 Å². The highest BCUT2D eigenvalue weighted by Crippen LogP contribution is 2.31. The first-order chi connectivity index (χ1) is 11.3. The minimum Gasteiger partial charge on any atom is -0.326 e. The van der Waals surface area contributed by atoms with E-state index in [4.69, 9.17) is 0 Å². The lowest BCUT2D eigenvalue weighted by molar-refractivity contribution is 0.273. The summed E-state index contributed by atoms with van der Waals surface area (Å²) in [6, 6.07) is 1.66. The minimum atomic E-state index is -0.106. The summed E-state index contributed by atoms with van der Waals surface area (Å²) in [7, 11) is 0. The van der Waals surface area contributed by atoms with Crippen molar-refractivity contribution in [2.24, 2.45) is 0 Å². The van der Waals surface area contributed by atoms with Gasteiger partial charge in [-0.1, -0.05) is 18.9 Å². The molecule has 1 fully saturated rings. The fourth-order valence-corrected chi connectivity index (χ4v) is 4.14. The number of aromatic amines is 1. The maximum atomic E-state index is 12.3. The molecule has 23 heavy (non-hydrogen) atoms. The third-order valence-electron chi connectivity index (χ3n) is 4.40. The van der Waals surface area contributed by atoms with Crippen molar-refractivity contribution in [3.05, 3.63) is 34.0 Å². The summed E-state index contributed by atoms with van der Waals surface area (Å²) in [6.45, 7) is 2.99. The number of hydrogen-bond donors (Lipinski definition) is 1. The molecule has 2 aliphatic heterocycles. The predicted octanol–water partition coefficient (Wildman–Crippen LogP) is 2.27. The molecule has 0 radical (unpaired) electrons. The van der Waals surface area contributed by atoms with Crippen LogP contribution in [-0.4, -0.2) is 43.3 Å². The van der Waals surface area contributed by atoms with E-state index in [1.165, 1.54) is 30.2 Å². The summed E-state index contributed by atoms with van der Waals surface area (Å²) in [5, 5.41) is 4.36. The molecule has 0 amide bonds. The van der Waals surface area contributed by atoms with Gasteiger partial charge in [0.1, 0.15) is 0 Å². The fourth-order valence-electron chi connectivity index (χ4n) is 3.23. The van der Waals surface area contributed by atoms with E-state index in [9.17, 15) is 4.79 Å². The summed E-state index contributed by atoms with van der Waals surface area (Å²) in [5.41, 5.74) is 0.822. The number of nitrogens with one attached hydrogen (secondary N) is 1. The zero-order valence-electron chi connectivity index (χ0n) is 13.1. The molecule has 7 heteroatoms. The standard InChI is InChI=1S/C16H21N5OS/c22-14-10-12(11-20-7-3-1-2-4-8-20)17-16-18-15(19-21(14)16)13-6-5-9-23-13/h6,10H,1-5,7-9,11H2,(H,17,18,19). The molecule has 6 nitrogen and oxygen atoms in total. The van der Waals surface area contributed by atoms with Crippen LogP contribution in [-0.2, 0) is 6.54 Å². The van der Waals surface area contributed by atoms with Crippen molar-refractivity contribution in [2.45, 2.75) is 38.6 Å². The van der Waals surface area contributed by atoms with Gasteiger partial charge in [0.05, 0.1) is 4.91 Å². The molecule has 4 heterocycles. The Bertz CT molecular complexity index is 785. The highest BCUT2D eigenvalue weighted by atomic mass is 32.2. The number of thioether (sulfide) groups is 1. The van der Waals surface area contributed by atoms with Gasteiger partial charge in [0.15, 0.2) is 5.82 Å². The van der Waals surface area contributed by atoms with Gasteiger partial charge >= 0.3 is 0 Å². The van der Waals surface area contributed by atoms with Crippen molar-refractivity contribution in [3.63, 3.8) is 0 Å². The molecule has 1 saturated heterocycles. The van der Waals surface area contributed by atoms with Gasteiger partial charge in [0, 0.05) is 24.1 Å². The molecule has 2 aromatic heterocycles. The van der Waals surface area contributed by atoms with Crippen LogP contribution < -0.4 is 5.56 Å². The fraction of sp³-hybridized carbons (Fsp3) is 0.562. The number of aromatic nitrogens is 4. The average Bonchev–Trinajstić information content (AvgIpc) is 3.13. The molecule has 0 bridgehead atoms. The summed E-state index contributed by atoms with van der Waals surface area (Å²) in [5.74, 6) is 2.28. The Morgan fingerprint density at radius 1 is 1.22 bits per heavy atom. The Labute approximate surface area is 139 Å². The van der Waals surface area contributed by atoms with Crippen molar-refractivity contribution in [2.75, 3.05) is 18.8 Å². The number of allylic oxidation sites excluding steroid dienone is 1. The minimum absolute atomic E-state index is 0.106. The van der Waals surface area contributed by atoms with Gasteiger partial charge in [0.25, 0.3) is 5.56 Å². The first-order valence-corrected chi connectivity index (χ1v) is 9.33. The van der Waals surface area contributed by atoms with Gasteiger partial charge in [0.2, 0.25) is 5.78 Å². The third kappa shape index (κ3) is 3.21. The summed E-state index contributed by atoms with van der Waals surface area (Å²) in [4.78, 5) is 23.6. The largest absolute Gasteiger partial charge is 0.326 e. The topological polar surface area (TPSA) is 66.3 Å². The van der Waals surface area contributed by atoms with Crippen LogP contribution in [0.5, 0.6) is 0 Å². The first-order valence-electron chi connectivity index (χ1n) is 8.34. The average molecular weight is 331 g/mol. The summed E-state index contributed by atoms with van der Waals surface area (Å²) >= 11 is 1.75. The van der Waals surface area contributed by atoms with Gasteiger partial charge in [-0.15, -0.1) is 16.9 Å². The monoisotopic (exact) mass is 331 g/mol. The Hall–Kier alpha value is -1.60. The van der Waals surface area contributed by atoms with Crippen LogP contribution in [0.2, 0.25) is 0 Å². The lowest BCUT2D eigenvalue weighted by atomic mass is 10.2. The van der Waals surface area contributed by atoms with Gasteiger partial charge in [-0.3, -0.25) is 9.69 Å². The highest BCUT2D eigenvalue weighted by molar-refractivity contribution is 8.08. The molecule has 4 rings (SSSR count). The number of hydrogen-bond acceptors (Lipinski definition) is 5. The second-order valence-corrected chi connectivity index (χ2v) is 7.34. The van der Waals surface area contributed by atoms with Crippen molar-refractivity contribution in [3.8, 4) is 0 Å². The molecule has 0 unspecified atom stereocenters. The van der Waals surface area contributed by atoms with E-state index in [0.29, 0.717) is 11.6 Å². The van der Waals surface area contributed by atoms with Gasteiger partial charge < -0.3 is 4.98 Å². The zero-order valence-corrected chi connectivity index (χ0v) is 13.9. The second kappa shape index (κ2) is 6.49. The number of rotatable bonds is 3. The van der Waals surface area contributed by atoms with Crippen LogP contribution in [0, 0.1) is 0 Å². The van der Waals surface area contributed by atoms with Gasteiger partial charge in [-0.2, -0.15) is 9.50 Å². The van der Waals surface area contributed by atoms with Crippen molar-refractivity contribution >= 4 is 22.4 Å². The van der Waals surface area contributed by atoms with Crippen LogP contribution in [0.25, 0.3) is 10.7 Å². The summed E-state index contributed by atoms with van der Waals surface area (Å²) < 4.78 is 1.38. The second-order valence-electron chi connectivity index (χ2n) is 6.20. The lowest BCUT2D eigenvalue weighted by Gasteiger charge is -2.19. The molecule has 2 aliphatic rings. The molecule has 0 aliphatic carbocycles. The normalized spacial score (nSPS) is 19.9. The Balaban J connectivity index is 1.62. The van der Waals surface area contributed by atoms with E-state index in [1.54, 1.807) is 17.8 Å². The highest BCUT2D eigenvalue weighted by Gasteiger charge is 2.16. The Kier molecular flexibility index (Phi) is 4.22. The summed E-state index contributed by atoms with van der Waals surface area (Å²) in [6.07, 6.45) is 8.30. The molecular formula is C16H21N5OS. The van der Waals surface area contributed by atoms with E-state index in [0.717, 1.165) is 42.4 Å². The maximum Gasteiger partial charge on any atom is 0.275 e. The van der Waals surface area contributed by atoms with E-state index < -0.39 is 0 Å². The Morgan fingerprint density at radius 3 is 2.78 bits per heavy atom. The molecule has 0 spiro atoms. The van der Waals surface area contributed by atoms with E-state index in [1.807, 2.05) is 0 Å². The zero-order chi connectivity index (χ0) is 15.6. The number of fused-ring (bicyclic) bond motifs is 1. The van der Waals surface area contributed by atoms with Crippen molar-refractivity contribution in [1.82, 2.24) is 24.5 Å². The van der Waals surface area contributed by atoms with Crippen LogP contribution in [0.4, 0.5) is 0 Å².